The van der Waals surface area contributed by atoms with Gasteiger partial charge in [0.25, 0.3) is 0 Å². The molecule has 1 saturated heterocycles. The number of fused-ring (bicyclic) bond motifs is 2. The maximum Gasteiger partial charge on any atom is 0.224 e. The van der Waals surface area contributed by atoms with Gasteiger partial charge in [0, 0.05) is 31.4 Å². The van der Waals surface area contributed by atoms with Crippen LogP contribution in [0.4, 0.5) is 0 Å². The Hall–Kier alpha value is -3.34. The molecule has 1 fully saturated rings. The number of ether oxygens (including phenoxy) is 1. The van der Waals surface area contributed by atoms with Crippen LogP contribution in [0, 0.1) is 0 Å². The minimum Gasteiger partial charge on any atom is -0.485 e. The average molecular weight is 428 g/mol. The fourth-order valence-corrected chi connectivity index (χ4v) is 4.63. The highest BCUT2D eigenvalue weighted by Gasteiger charge is 2.18. The molecule has 5 heteroatoms. The summed E-state index contributed by atoms with van der Waals surface area (Å²) < 4.78 is 8.39. The average Bonchev–Trinajstić information content (AvgIpc) is 2.98. The van der Waals surface area contributed by atoms with Crippen LogP contribution >= 0.6 is 0 Å². The molecule has 1 aliphatic heterocycles. The minimum atomic E-state index is 0.241. The van der Waals surface area contributed by atoms with Crippen molar-refractivity contribution in [2.75, 3.05) is 13.1 Å². The number of carbonyl (C=O) groups is 1. The molecule has 0 unspecified atom stereocenters. The van der Waals surface area contributed by atoms with Crippen LogP contribution in [0.1, 0.15) is 37.9 Å². The molecule has 0 N–H and O–H groups in total. The SMILES string of the molecule is O=C(CCn1c(COc2cccc3ccccc23)nc2ccccc21)N1CCCCCC1. The van der Waals surface area contributed by atoms with Crippen molar-refractivity contribution in [1.82, 2.24) is 14.5 Å². The van der Waals surface area contributed by atoms with Gasteiger partial charge in [-0.3, -0.25) is 4.79 Å². The Kier molecular flexibility index (Phi) is 6.06. The second-order valence-electron chi connectivity index (χ2n) is 8.48. The molecule has 0 radical (unpaired) electrons. The predicted octanol–water partition coefficient (Wildman–Crippen LogP) is 5.56. The normalized spacial score (nSPS) is 14.6. The zero-order chi connectivity index (χ0) is 21.8. The Bertz CT molecular complexity index is 1220. The summed E-state index contributed by atoms with van der Waals surface area (Å²) in [7, 11) is 0. The molecule has 0 bridgehead atoms. The molecule has 1 aromatic heterocycles. The fourth-order valence-electron chi connectivity index (χ4n) is 4.63. The van der Waals surface area contributed by atoms with E-state index in [9.17, 15) is 4.79 Å². The molecule has 5 rings (SSSR count). The minimum absolute atomic E-state index is 0.241. The highest BCUT2D eigenvalue weighted by atomic mass is 16.5. The van der Waals surface area contributed by atoms with E-state index in [1.54, 1.807) is 0 Å². The van der Waals surface area contributed by atoms with Crippen LogP contribution < -0.4 is 4.74 Å². The summed E-state index contributed by atoms with van der Waals surface area (Å²) in [4.78, 5) is 19.7. The van der Waals surface area contributed by atoms with Crippen LogP contribution in [-0.2, 0) is 17.9 Å². The number of hydrogen-bond acceptors (Lipinski definition) is 3. The highest BCUT2D eigenvalue weighted by Crippen LogP contribution is 2.26. The zero-order valence-corrected chi connectivity index (χ0v) is 18.4. The Labute approximate surface area is 188 Å². The Morgan fingerprint density at radius 3 is 2.50 bits per heavy atom. The Morgan fingerprint density at radius 1 is 0.875 bits per heavy atom. The molecule has 1 aliphatic rings. The first-order valence-corrected chi connectivity index (χ1v) is 11.6. The van der Waals surface area contributed by atoms with Crippen molar-refractivity contribution in [3.05, 3.63) is 72.6 Å². The van der Waals surface area contributed by atoms with Crippen molar-refractivity contribution in [3.63, 3.8) is 0 Å². The van der Waals surface area contributed by atoms with Crippen LogP contribution in [0.15, 0.2) is 66.7 Å². The molecule has 2 heterocycles. The molecule has 0 atom stereocenters. The molecule has 0 spiro atoms. The number of rotatable bonds is 6. The van der Waals surface area contributed by atoms with Crippen LogP contribution in [0.5, 0.6) is 5.75 Å². The first-order valence-electron chi connectivity index (χ1n) is 11.6. The van der Waals surface area contributed by atoms with Gasteiger partial charge >= 0.3 is 0 Å². The number of para-hydroxylation sites is 2. The molecule has 4 aromatic rings. The lowest BCUT2D eigenvalue weighted by Gasteiger charge is -2.20. The van der Waals surface area contributed by atoms with Gasteiger partial charge in [-0.1, -0.05) is 61.4 Å². The fraction of sp³-hybridized carbons (Fsp3) is 0.333. The summed E-state index contributed by atoms with van der Waals surface area (Å²) in [5.41, 5.74) is 1.99. The molecule has 3 aromatic carbocycles. The first kappa shape index (κ1) is 20.6. The molecule has 32 heavy (non-hydrogen) atoms. The molecule has 164 valence electrons. The van der Waals surface area contributed by atoms with Gasteiger partial charge in [-0.05, 0) is 36.4 Å². The molecule has 0 aliphatic carbocycles. The lowest BCUT2D eigenvalue weighted by molar-refractivity contribution is -0.131. The number of hydrogen-bond donors (Lipinski definition) is 0. The van der Waals surface area contributed by atoms with Gasteiger partial charge in [-0.15, -0.1) is 0 Å². The predicted molar refractivity (Wildman–Crippen MR) is 128 cm³/mol. The van der Waals surface area contributed by atoms with Crippen molar-refractivity contribution in [2.24, 2.45) is 0 Å². The third kappa shape index (κ3) is 4.33. The van der Waals surface area contributed by atoms with E-state index < -0.39 is 0 Å². The Morgan fingerprint density at radius 2 is 1.62 bits per heavy atom. The van der Waals surface area contributed by atoms with E-state index in [2.05, 4.69) is 28.8 Å². The molecule has 1 amide bonds. The summed E-state index contributed by atoms with van der Waals surface area (Å²) in [6, 6.07) is 22.4. The van der Waals surface area contributed by atoms with Crippen molar-refractivity contribution < 1.29 is 9.53 Å². The van der Waals surface area contributed by atoms with E-state index in [-0.39, 0.29) is 5.91 Å². The van der Waals surface area contributed by atoms with Crippen molar-refractivity contribution in [2.45, 2.75) is 45.3 Å². The van der Waals surface area contributed by atoms with E-state index in [1.165, 1.54) is 12.8 Å². The van der Waals surface area contributed by atoms with Gasteiger partial charge in [0.1, 0.15) is 18.2 Å². The number of amides is 1. The van der Waals surface area contributed by atoms with E-state index >= 15 is 0 Å². The van der Waals surface area contributed by atoms with Crippen LogP contribution in [0.2, 0.25) is 0 Å². The lowest BCUT2D eigenvalue weighted by atomic mass is 10.1. The summed E-state index contributed by atoms with van der Waals surface area (Å²) in [6.45, 7) is 2.76. The maximum atomic E-state index is 12.9. The topological polar surface area (TPSA) is 47.4 Å². The van der Waals surface area contributed by atoms with Crippen molar-refractivity contribution in [3.8, 4) is 5.75 Å². The van der Waals surface area contributed by atoms with Crippen molar-refractivity contribution >= 4 is 27.7 Å². The van der Waals surface area contributed by atoms with E-state index in [4.69, 9.17) is 9.72 Å². The van der Waals surface area contributed by atoms with E-state index in [0.717, 1.165) is 59.3 Å². The smallest absolute Gasteiger partial charge is 0.224 e. The summed E-state index contributed by atoms with van der Waals surface area (Å²) in [6.07, 6.45) is 5.17. The number of aromatic nitrogens is 2. The molecule has 0 saturated carbocycles. The van der Waals surface area contributed by atoms with Gasteiger partial charge in [0.05, 0.1) is 11.0 Å². The monoisotopic (exact) mass is 427 g/mol. The van der Waals surface area contributed by atoms with Crippen molar-refractivity contribution in [1.29, 1.82) is 0 Å². The van der Waals surface area contributed by atoms with E-state index in [1.807, 2.05) is 47.4 Å². The number of benzene rings is 3. The van der Waals surface area contributed by atoms with Crippen LogP contribution in [0.3, 0.4) is 0 Å². The first-order chi connectivity index (χ1) is 15.8. The molecular formula is C27H29N3O2. The van der Waals surface area contributed by atoms with Gasteiger partial charge in [-0.2, -0.15) is 0 Å². The number of nitrogens with zero attached hydrogens (tertiary/aromatic N) is 3. The van der Waals surface area contributed by atoms with Crippen LogP contribution in [0.25, 0.3) is 21.8 Å². The maximum absolute atomic E-state index is 12.9. The van der Waals surface area contributed by atoms with Gasteiger partial charge < -0.3 is 14.2 Å². The number of carbonyl (C=O) groups excluding carboxylic acids is 1. The number of aryl methyl sites for hydroxylation is 1. The molecule has 5 nitrogen and oxygen atoms in total. The Balaban J connectivity index is 1.36. The second kappa shape index (κ2) is 9.43. The summed E-state index contributed by atoms with van der Waals surface area (Å²) in [5, 5.41) is 2.25. The molecular weight excluding hydrogens is 398 g/mol. The third-order valence-corrected chi connectivity index (χ3v) is 6.35. The van der Waals surface area contributed by atoms with Gasteiger partial charge in [0.2, 0.25) is 5.91 Å². The zero-order valence-electron chi connectivity index (χ0n) is 18.4. The highest BCUT2D eigenvalue weighted by molar-refractivity contribution is 5.88. The quantitative estimate of drug-likeness (QED) is 0.405. The number of likely N-dealkylation sites (tertiary alicyclic amines) is 1. The second-order valence-corrected chi connectivity index (χ2v) is 8.48. The lowest BCUT2D eigenvalue weighted by Crippen LogP contribution is -2.32. The summed E-state index contributed by atoms with van der Waals surface area (Å²) in [5.74, 6) is 1.94. The largest absolute Gasteiger partial charge is 0.485 e. The summed E-state index contributed by atoms with van der Waals surface area (Å²) >= 11 is 0. The van der Waals surface area contributed by atoms with E-state index in [0.29, 0.717) is 19.6 Å². The standard InChI is InChI=1S/C27H29N3O2/c31-27(29-17-7-1-2-8-18-29)16-19-30-24-14-6-5-13-23(24)28-26(30)20-32-25-15-9-11-21-10-3-4-12-22(21)25/h3-6,9-15H,1-2,7-8,16-20H2. The van der Waals surface area contributed by atoms with Crippen LogP contribution in [-0.4, -0.2) is 33.4 Å². The third-order valence-electron chi connectivity index (χ3n) is 6.35. The van der Waals surface area contributed by atoms with Gasteiger partial charge in [-0.25, -0.2) is 4.98 Å². The van der Waals surface area contributed by atoms with Gasteiger partial charge in [0.15, 0.2) is 0 Å². The number of imidazole rings is 1.